The van der Waals surface area contributed by atoms with E-state index in [0.717, 1.165) is 35.1 Å². The molecule has 4 aliphatic carbocycles. The van der Waals surface area contributed by atoms with E-state index >= 15 is 0 Å². The lowest BCUT2D eigenvalue weighted by molar-refractivity contribution is -0.0894. The van der Waals surface area contributed by atoms with Gasteiger partial charge in [-0.15, -0.1) is 0 Å². The van der Waals surface area contributed by atoms with Gasteiger partial charge in [-0.3, -0.25) is 0 Å². The minimum Gasteiger partial charge on any atom is -0.372 e. The first-order valence-corrected chi connectivity index (χ1v) is 13.7. The number of nitrogens with two attached hydrogens (primary N) is 1. The monoisotopic (exact) mass is 471 g/mol. The van der Waals surface area contributed by atoms with Crippen LogP contribution in [-0.2, 0) is 4.74 Å². The first-order valence-electron chi connectivity index (χ1n) is 13.7. The topological polar surface area (TPSA) is 61.0 Å². The Bertz CT molecular complexity index is 1220. The highest BCUT2D eigenvalue weighted by Gasteiger charge is 2.57. The maximum Gasteiger partial charge on any atom is 0.220 e. The molecule has 2 N–H and O–H groups in total. The minimum atomic E-state index is -0.0593. The standard InChI is InChI=1S/C31H41N3O/c1-29(2,3)35-22-12-14-30(4)21(17-22)7-8-23-25-10-9-24(31(25,5)15-13-26(23)30)19-6-11-27-20(16-19)18-33-28(32)34-27/h6-7,9,11,16,18,22-23,25-26H,8,10,12-15,17H2,1-5H3,(H2,32,33,34)/t22-,23-,25-,26-,30-,31+/m0/s1. The number of hydrogen-bond donors (Lipinski definition) is 1. The van der Waals surface area contributed by atoms with Crippen LogP contribution in [0.3, 0.4) is 0 Å². The molecule has 2 saturated carbocycles. The van der Waals surface area contributed by atoms with Crippen LogP contribution < -0.4 is 5.73 Å². The summed E-state index contributed by atoms with van der Waals surface area (Å²) < 4.78 is 6.43. The van der Waals surface area contributed by atoms with Crippen molar-refractivity contribution < 1.29 is 4.74 Å². The van der Waals surface area contributed by atoms with Crippen molar-refractivity contribution in [2.75, 3.05) is 5.73 Å². The quantitative estimate of drug-likeness (QED) is 0.465. The average Bonchev–Trinajstić information content (AvgIpc) is 3.15. The lowest BCUT2D eigenvalue weighted by Gasteiger charge is -2.58. The van der Waals surface area contributed by atoms with Gasteiger partial charge in [-0.25, -0.2) is 9.97 Å². The number of ether oxygens (including phenoxy) is 1. The Labute approximate surface area is 210 Å². The molecule has 0 spiro atoms. The van der Waals surface area contributed by atoms with Gasteiger partial charge in [0.15, 0.2) is 0 Å². The SMILES string of the molecule is CC(C)(C)O[C@H]1CC[C@@]2(C)C(=CC[C@@H]3[C@@H]2CC[C@]2(C)C(c4ccc5nc(N)ncc5c4)=CC[C@@H]32)C1. The first kappa shape index (κ1) is 23.2. The fraction of sp³-hybridized carbons (Fsp3) is 0.613. The van der Waals surface area contributed by atoms with E-state index in [1.165, 1.54) is 44.1 Å². The lowest BCUT2D eigenvalue weighted by Crippen LogP contribution is -2.50. The van der Waals surface area contributed by atoms with Crippen LogP contribution in [0.1, 0.15) is 85.1 Å². The molecule has 0 radical (unpaired) electrons. The molecule has 4 nitrogen and oxygen atoms in total. The second-order valence-corrected chi connectivity index (χ2v) is 13.2. The van der Waals surface area contributed by atoms with Crippen LogP contribution in [0.4, 0.5) is 5.95 Å². The molecule has 4 aliphatic rings. The summed E-state index contributed by atoms with van der Waals surface area (Å²) in [5.41, 5.74) is 11.8. The second kappa shape index (κ2) is 7.90. The molecule has 0 amide bonds. The van der Waals surface area contributed by atoms with Gasteiger partial charge in [-0.2, -0.15) is 0 Å². The number of anilines is 1. The number of nitrogens with zero attached hydrogens (tertiary/aromatic N) is 2. The summed E-state index contributed by atoms with van der Waals surface area (Å²) in [6.45, 7) is 11.7. The molecule has 0 aliphatic heterocycles. The fourth-order valence-corrected chi connectivity index (χ4v) is 8.46. The van der Waals surface area contributed by atoms with E-state index in [0.29, 0.717) is 17.5 Å². The summed E-state index contributed by atoms with van der Waals surface area (Å²) in [6.07, 6.45) is 16.1. The minimum absolute atomic E-state index is 0.0593. The summed E-state index contributed by atoms with van der Waals surface area (Å²) in [4.78, 5) is 8.63. The summed E-state index contributed by atoms with van der Waals surface area (Å²) in [5.74, 6) is 2.65. The fourth-order valence-electron chi connectivity index (χ4n) is 8.46. The summed E-state index contributed by atoms with van der Waals surface area (Å²) in [7, 11) is 0. The van der Waals surface area contributed by atoms with Crippen LogP contribution >= 0.6 is 0 Å². The van der Waals surface area contributed by atoms with E-state index in [2.05, 4.69) is 74.9 Å². The molecule has 35 heavy (non-hydrogen) atoms. The van der Waals surface area contributed by atoms with Gasteiger partial charge in [0.25, 0.3) is 0 Å². The third-order valence-corrected chi connectivity index (χ3v) is 10.1. The zero-order valence-corrected chi connectivity index (χ0v) is 22.1. The highest BCUT2D eigenvalue weighted by atomic mass is 16.5. The Morgan fingerprint density at radius 2 is 1.80 bits per heavy atom. The average molecular weight is 472 g/mol. The van der Waals surface area contributed by atoms with Gasteiger partial charge in [0.1, 0.15) is 0 Å². The van der Waals surface area contributed by atoms with Gasteiger partial charge in [0, 0.05) is 11.6 Å². The van der Waals surface area contributed by atoms with Crippen molar-refractivity contribution in [3.63, 3.8) is 0 Å². The second-order valence-electron chi connectivity index (χ2n) is 13.2. The predicted octanol–water partition coefficient (Wildman–Crippen LogP) is 7.35. The Kier molecular flexibility index (Phi) is 5.24. The van der Waals surface area contributed by atoms with Crippen molar-refractivity contribution >= 4 is 22.4 Å². The third-order valence-electron chi connectivity index (χ3n) is 10.1. The number of hydrogen-bond acceptors (Lipinski definition) is 4. The first-order chi connectivity index (χ1) is 16.6. The molecule has 1 aromatic carbocycles. The Balaban J connectivity index is 1.26. The number of aromatic nitrogens is 2. The third kappa shape index (κ3) is 3.75. The maximum atomic E-state index is 6.43. The van der Waals surface area contributed by atoms with Crippen molar-refractivity contribution in [1.29, 1.82) is 0 Å². The van der Waals surface area contributed by atoms with E-state index < -0.39 is 0 Å². The molecule has 2 fully saturated rings. The van der Waals surface area contributed by atoms with Gasteiger partial charge >= 0.3 is 0 Å². The molecule has 186 valence electrons. The maximum absolute atomic E-state index is 6.43. The van der Waals surface area contributed by atoms with Crippen molar-refractivity contribution in [3.8, 4) is 0 Å². The van der Waals surface area contributed by atoms with Crippen molar-refractivity contribution in [2.45, 2.75) is 91.3 Å². The lowest BCUT2D eigenvalue weighted by atomic mass is 9.47. The molecule has 1 heterocycles. The largest absolute Gasteiger partial charge is 0.372 e. The van der Waals surface area contributed by atoms with E-state index in [1.54, 1.807) is 11.1 Å². The molecule has 4 heteroatoms. The van der Waals surface area contributed by atoms with Crippen LogP contribution in [0.25, 0.3) is 16.5 Å². The Morgan fingerprint density at radius 3 is 2.60 bits per heavy atom. The molecule has 6 atom stereocenters. The number of benzene rings is 1. The molecule has 1 aromatic heterocycles. The van der Waals surface area contributed by atoms with Crippen LogP contribution in [0.5, 0.6) is 0 Å². The van der Waals surface area contributed by atoms with E-state index in [4.69, 9.17) is 10.5 Å². The zero-order valence-electron chi connectivity index (χ0n) is 22.1. The molecule has 0 unspecified atom stereocenters. The van der Waals surface area contributed by atoms with Gasteiger partial charge in [-0.1, -0.05) is 37.6 Å². The number of rotatable bonds is 2. The molecule has 0 bridgehead atoms. The number of allylic oxidation sites excluding steroid dienone is 3. The molecule has 0 saturated heterocycles. The summed E-state index contributed by atoms with van der Waals surface area (Å²) in [6, 6.07) is 6.63. The Morgan fingerprint density at radius 1 is 1.00 bits per heavy atom. The van der Waals surface area contributed by atoms with Crippen LogP contribution in [0, 0.1) is 28.6 Å². The van der Waals surface area contributed by atoms with Gasteiger partial charge in [0.2, 0.25) is 5.95 Å². The van der Waals surface area contributed by atoms with Crippen molar-refractivity contribution in [3.05, 3.63) is 47.7 Å². The van der Waals surface area contributed by atoms with Crippen LogP contribution in [0.2, 0.25) is 0 Å². The van der Waals surface area contributed by atoms with Crippen LogP contribution in [0.15, 0.2) is 42.1 Å². The van der Waals surface area contributed by atoms with Gasteiger partial charge < -0.3 is 10.5 Å². The van der Waals surface area contributed by atoms with Crippen molar-refractivity contribution in [1.82, 2.24) is 9.97 Å². The number of nitrogen functional groups attached to an aromatic ring is 1. The van der Waals surface area contributed by atoms with Gasteiger partial charge in [0.05, 0.1) is 17.2 Å². The van der Waals surface area contributed by atoms with Crippen LogP contribution in [-0.4, -0.2) is 21.7 Å². The Hall–Kier alpha value is -2.20. The smallest absolute Gasteiger partial charge is 0.220 e. The molecular weight excluding hydrogens is 430 g/mol. The molecule has 2 aromatic rings. The molecule has 6 rings (SSSR count). The summed E-state index contributed by atoms with van der Waals surface area (Å²) >= 11 is 0. The highest BCUT2D eigenvalue weighted by Crippen LogP contribution is 2.66. The van der Waals surface area contributed by atoms with E-state index in [1.807, 2.05) is 6.20 Å². The zero-order chi connectivity index (χ0) is 24.6. The van der Waals surface area contributed by atoms with Crippen molar-refractivity contribution in [2.24, 2.45) is 28.6 Å². The highest BCUT2D eigenvalue weighted by molar-refractivity contribution is 5.85. The van der Waals surface area contributed by atoms with E-state index in [-0.39, 0.29) is 11.0 Å². The predicted molar refractivity (Wildman–Crippen MR) is 144 cm³/mol. The number of fused-ring (bicyclic) bond motifs is 6. The van der Waals surface area contributed by atoms with Gasteiger partial charge in [-0.05, 0) is 118 Å². The summed E-state index contributed by atoms with van der Waals surface area (Å²) in [5, 5.41) is 1.07. The normalized spacial score (nSPS) is 36.7. The van der Waals surface area contributed by atoms with E-state index in [9.17, 15) is 0 Å². The molecular formula is C31H41N3O.